The SMILES string of the molecule is Cc1cc(C(=O)O)cc2ccoc12. The summed E-state index contributed by atoms with van der Waals surface area (Å²) in [5.74, 6) is -0.911. The van der Waals surface area contributed by atoms with Gasteiger partial charge in [-0.25, -0.2) is 4.79 Å². The summed E-state index contributed by atoms with van der Waals surface area (Å²) in [4.78, 5) is 10.7. The summed E-state index contributed by atoms with van der Waals surface area (Å²) in [5, 5.41) is 9.61. The van der Waals surface area contributed by atoms with Crippen molar-refractivity contribution >= 4 is 16.9 Å². The molecule has 1 aromatic heterocycles. The van der Waals surface area contributed by atoms with E-state index in [0.717, 1.165) is 16.5 Å². The van der Waals surface area contributed by atoms with Gasteiger partial charge in [0, 0.05) is 5.39 Å². The smallest absolute Gasteiger partial charge is 0.335 e. The van der Waals surface area contributed by atoms with Crippen LogP contribution in [0.15, 0.2) is 28.9 Å². The lowest BCUT2D eigenvalue weighted by Gasteiger charge is -1.97. The van der Waals surface area contributed by atoms with Gasteiger partial charge in [0.2, 0.25) is 0 Å². The fourth-order valence-corrected chi connectivity index (χ4v) is 1.38. The van der Waals surface area contributed by atoms with Gasteiger partial charge in [-0.05, 0) is 30.7 Å². The van der Waals surface area contributed by atoms with E-state index in [2.05, 4.69) is 0 Å². The summed E-state index contributed by atoms with van der Waals surface area (Å²) in [6, 6.07) is 4.97. The number of carboxylic acids is 1. The van der Waals surface area contributed by atoms with E-state index in [1.54, 1.807) is 24.5 Å². The van der Waals surface area contributed by atoms with E-state index in [-0.39, 0.29) is 0 Å². The van der Waals surface area contributed by atoms with Crippen LogP contribution in [0.3, 0.4) is 0 Å². The maximum Gasteiger partial charge on any atom is 0.335 e. The normalized spacial score (nSPS) is 10.5. The number of aromatic carboxylic acids is 1. The molecule has 0 saturated heterocycles. The fraction of sp³-hybridized carbons (Fsp3) is 0.100. The zero-order valence-electron chi connectivity index (χ0n) is 7.07. The van der Waals surface area contributed by atoms with E-state index in [1.807, 2.05) is 6.92 Å². The summed E-state index contributed by atoms with van der Waals surface area (Å²) in [6.07, 6.45) is 1.56. The van der Waals surface area contributed by atoms with E-state index >= 15 is 0 Å². The quantitative estimate of drug-likeness (QED) is 0.725. The number of rotatable bonds is 1. The minimum absolute atomic E-state index is 0.298. The molecule has 66 valence electrons. The van der Waals surface area contributed by atoms with Gasteiger partial charge in [0.25, 0.3) is 0 Å². The number of benzene rings is 1. The Labute approximate surface area is 74.6 Å². The van der Waals surface area contributed by atoms with Gasteiger partial charge >= 0.3 is 5.97 Å². The molecule has 0 aliphatic rings. The Morgan fingerprint density at radius 3 is 2.92 bits per heavy atom. The van der Waals surface area contributed by atoms with Crippen LogP contribution in [0.5, 0.6) is 0 Å². The molecule has 0 aliphatic carbocycles. The van der Waals surface area contributed by atoms with Crippen LogP contribution >= 0.6 is 0 Å². The molecule has 0 radical (unpaired) electrons. The van der Waals surface area contributed by atoms with Crippen LogP contribution in [0.1, 0.15) is 15.9 Å². The van der Waals surface area contributed by atoms with E-state index in [1.165, 1.54) is 0 Å². The van der Waals surface area contributed by atoms with Crippen LogP contribution in [-0.2, 0) is 0 Å². The number of aryl methyl sites for hydroxylation is 1. The first-order valence-corrected chi connectivity index (χ1v) is 3.89. The van der Waals surface area contributed by atoms with Gasteiger partial charge in [-0.1, -0.05) is 0 Å². The fourth-order valence-electron chi connectivity index (χ4n) is 1.38. The molecule has 1 heterocycles. The number of carbonyl (C=O) groups is 1. The molecule has 1 aromatic carbocycles. The highest BCUT2D eigenvalue weighted by atomic mass is 16.4. The summed E-state index contributed by atoms with van der Waals surface area (Å²) in [7, 11) is 0. The largest absolute Gasteiger partial charge is 0.478 e. The highest BCUT2D eigenvalue weighted by molar-refractivity contribution is 5.94. The second-order valence-electron chi connectivity index (χ2n) is 2.94. The molecule has 2 rings (SSSR count). The Balaban J connectivity index is 2.77. The van der Waals surface area contributed by atoms with Gasteiger partial charge in [-0.15, -0.1) is 0 Å². The second-order valence-corrected chi connectivity index (χ2v) is 2.94. The predicted molar refractivity (Wildman–Crippen MR) is 47.9 cm³/mol. The average molecular weight is 176 g/mol. The number of fused-ring (bicyclic) bond motifs is 1. The van der Waals surface area contributed by atoms with Gasteiger partial charge in [0.15, 0.2) is 0 Å². The predicted octanol–water partition coefficient (Wildman–Crippen LogP) is 2.44. The van der Waals surface area contributed by atoms with Crippen molar-refractivity contribution in [3.8, 4) is 0 Å². The van der Waals surface area contributed by atoms with Gasteiger partial charge < -0.3 is 9.52 Å². The molecule has 3 nitrogen and oxygen atoms in total. The van der Waals surface area contributed by atoms with Gasteiger partial charge in [-0.3, -0.25) is 0 Å². The van der Waals surface area contributed by atoms with Crippen LogP contribution in [0, 0.1) is 6.92 Å². The maximum atomic E-state index is 10.7. The molecule has 0 unspecified atom stereocenters. The maximum absolute atomic E-state index is 10.7. The molecule has 0 aliphatic heterocycles. The molecule has 0 fully saturated rings. The highest BCUT2D eigenvalue weighted by Gasteiger charge is 2.07. The number of hydrogen-bond acceptors (Lipinski definition) is 2. The zero-order chi connectivity index (χ0) is 9.42. The Hall–Kier alpha value is -1.77. The van der Waals surface area contributed by atoms with Crippen molar-refractivity contribution in [3.63, 3.8) is 0 Å². The van der Waals surface area contributed by atoms with E-state index in [4.69, 9.17) is 9.52 Å². The third-order valence-electron chi connectivity index (χ3n) is 1.98. The van der Waals surface area contributed by atoms with E-state index in [0.29, 0.717) is 5.56 Å². The average Bonchev–Trinajstić information content (AvgIpc) is 2.51. The van der Waals surface area contributed by atoms with Crippen molar-refractivity contribution in [2.24, 2.45) is 0 Å². The van der Waals surface area contributed by atoms with Crippen molar-refractivity contribution < 1.29 is 14.3 Å². The van der Waals surface area contributed by atoms with Gasteiger partial charge in [0.05, 0.1) is 11.8 Å². The Morgan fingerprint density at radius 2 is 2.23 bits per heavy atom. The van der Waals surface area contributed by atoms with Crippen molar-refractivity contribution in [2.45, 2.75) is 6.92 Å². The van der Waals surface area contributed by atoms with Crippen molar-refractivity contribution in [3.05, 3.63) is 35.6 Å². The monoisotopic (exact) mass is 176 g/mol. The van der Waals surface area contributed by atoms with Crippen LogP contribution < -0.4 is 0 Å². The first-order chi connectivity index (χ1) is 6.18. The molecule has 0 saturated carbocycles. The Bertz CT molecular complexity index is 468. The van der Waals surface area contributed by atoms with Crippen molar-refractivity contribution in [1.82, 2.24) is 0 Å². The molecule has 0 atom stereocenters. The number of hydrogen-bond donors (Lipinski definition) is 1. The molecule has 3 heteroatoms. The number of carboxylic acid groups (broad SMARTS) is 1. The lowest BCUT2D eigenvalue weighted by Crippen LogP contribution is -1.96. The first kappa shape index (κ1) is 7.86. The Morgan fingerprint density at radius 1 is 1.46 bits per heavy atom. The third-order valence-corrected chi connectivity index (χ3v) is 1.98. The molecular formula is C10H8O3. The Kier molecular flexibility index (Phi) is 1.59. The van der Waals surface area contributed by atoms with Crippen molar-refractivity contribution in [2.75, 3.05) is 0 Å². The standard InChI is InChI=1S/C10H8O3/c1-6-4-8(10(11)12)5-7-2-3-13-9(6)7/h2-5H,1H3,(H,11,12). The van der Waals surface area contributed by atoms with E-state index in [9.17, 15) is 4.79 Å². The lowest BCUT2D eigenvalue weighted by atomic mass is 10.1. The van der Waals surface area contributed by atoms with Gasteiger partial charge in [-0.2, -0.15) is 0 Å². The van der Waals surface area contributed by atoms with Crippen LogP contribution in [-0.4, -0.2) is 11.1 Å². The first-order valence-electron chi connectivity index (χ1n) is 3.89. The number of furan rings is 1. The molecule has 1 N–H and O–H groups in total. The summed E-state index contributed by atoms with van der Waals surface area (Å²) in [6.45, 7) is 1.83. The van der Waals surface area contributed by atoms with Crippen LogP contribution in [0.2, 0.25) is 0 Å². The summed E-state index contributed by atoms with van der Waals surface area (Å²) in [5.41, 5.74) is 1.90. The highest BCUT2D eigenvalue weighted by Crippen LogP contribution is 2.21. The van der Waals surface area contributed by atoms with Crippen LogP contribution in [0.25, 0.3) is 11.0 Å². The van der Waals surface area contributed by atoms with Crippen molar-refractivity contribution in [1.29, 1.82) is 0 Å². The van der Waals surface area contributed by atoms with Crippen LogP contribution in [0.4, 0.5) is 0 Å². The molecule has 2 aromatic rings. The summed E-state index contributed by atoms with van der Waals surface area (Å²) >= 11 is 0. The second kappa shape index (κ2) is 2.62. The molecule has 0 amide bonds. The third kappa shape index (κ3) is 1.18. The molecule has 0 bridgehead atoms. The molecule has 13 heavy (non-hydrogen) atoms. The van der Waals surface area contributed by atoms with Gasteiger partial charge in [0.1, 0.15) is 5.58 Å². The molecule has 0 spiro atoms. The van der Waals surface area contributed by atoms with E-state index < -0.39 is 5.97 Å². The topological polar surface area (TPSA) is 50.4 Å². The minimum atomic E-state index is -0.911. The summed E-state index contributed by atoms with van der Waals surface area (Å²) < 4.78 is 5.19. The minimum Gasteiger partial charge on any atom is -0.478 e. The lowest BCUT2D eigenvalue weighted by molar-refractivity contribution is 0.0697. The zero-order valence-corrected chi connectivity index (χ0v) is 7.07. The molecular weight excluding hydrogens is 168 g/mol.